The van der Waals surface area contributed by atoms with Gasteiger partial charge in [-0.2, -0.15) is 0 Å². The molecule has 1 heterocycles. The molecule has 2 rings (SSSR count). The number of amides is 1. The van der Waals surface area contributed by atoms with Crippen molar-refractivity contribution in [3.63, 3.8) is 0 Å². The second-order valence-electron chi connectivity index (χ2n) is 5.39. The number of primary amides is 1. The Kier molecular flexibility index (Phi) is 3.57. The van der Waals surface area contributed by atoms with Crippen LogP contribution in [-0.4, -0.2) is 24.2 Å². The highest BCUT2D eigenvalue weighted by atomic mass is 16.5. The number of carbonyl (C=O) groups is 1. The van der Waals surface area contributed by atoms with Crippen molar-refractivity contribution in [2.24, 2.45) is 5.73 Å². The van der Waals surface area contributed by atoms with Gasteiger partial charge in [-0.1, -0.05) is 6.07 Å². The van der Waals surface area contributed by atoms with E-state index >= 15 is 0 Å². The van der Waals surface area contributed by atoms with Crippen LogP contribution < -0.4 is 11.1 Å². The standard InChI is InChI=1S/C14H20N2O2/c1-14(2)9-12(6-7-18-14)16-11-5-3-4-10(8-11)13(15)17/h3-5,8,12,16H,6-7,9H2,1-2H3,(H2,15,17). The summed E-state index contributed by atoms with van der Waals surface area (Å²) < 4.78 is 5.68. The maximum absolute atomic E-state index is 11.1. The monoisotopic (exact) mass is 248 g/mol. The Morgan fingerprint density at radius 1 is 1.50 bits per heavy atom. The van der Waals surface area contributed by atoms with Crippen molar-refractivity contribution in [2.45, 2.75) is 38.3 Å². The molecule has 0 aliphatic carbocycles. The van der Waals surface area contributed by atoms with Gasteiger partial charge in [-0.05, 0) is 44.9 Å². The third-order valence-electron chi connectivity index (χ3n) is 3.21. The summed E-state index contributed by atoms with van der Waals surface area (Å²) in [5, 5.41) is 3.44. The second kappa shape index (κ2) is 4.98. The molecule has 1 aliphatic rings. The van der Waals surface area contributed by atoms with E-state index in [0.29, 0.717) is 11.6 Å². The first-order valence-corrected chi connectivity index (χ1v) is 6.27. The van der Waals surface area contributed by atoms with Crippen LogP contribution in [0.2, 0.25) is 0 Å². The average molecular weight is 248 g/mol. The predicted octanol–water partition coefficient (Wildman–Crippen LogP) is 2.16. The molecule has 0 spiro atoms. The molecule has 3 N–H and O–H groups in total. The molecule has 1 atom stereocenters. The Hall–Kier alpha value is -1.55. The van der Waals surface area contributed by atoms with Gasteiger partial charge >= 0.3 is 0 Å². The third-order valence-corrected chi connectivity index (χ3v) is 3.21. The van der Waals surface area contributed by atoms with E-state index in [-0.39, 0.29) is 5.60 Å². The molecule has 1 aliphatic heterocycles. The van der Waals surface area contributed by atoms with E-state index in [0.717, 1.165) is 25.1 Å². The molecular weight excluding hydrogens is 228 g/mol. The average Bonchev–Trinajstić information content (AvgIpc) is 2.28. The zero-order valence-electron chi connectivity index (χ0n) is 10.9. The summed E-state index contributed by atoms with van der Waals surface area (Å²) in [5.74, 6) is -0.397. The van der Waals surface area contributed by atoms with Crippen molar-refractivity contribution in [1.82, 2.24) is 0 Å². The van der Waals surface area contributed by atoms with Crippen molar-refractivity contribution in [2.75, 3.05) is 11.9 Å². The van der Waals surface area contributed by atoms with E-state index in [1.165, 1.54) is 0 Å². The number of benzene rings is 1. The van der Waals surface area contributed by atoms with E-state index < -0.39 is 5.91 Å². The second-order valence-corrected chi connectivity index (χ2v) is 5.39. The summed E-state index contributed by atoms with van der Waals surface area (Å²) in [7, 11) is 0. The van der Waals surface area contributed by atoms with Crippen molar-refractivity contribution in [1.29, 1.82) is 0 Å². The number of hydrogen-bond donors (Lipinski definition) is 2. The number of hydrogen-bond acceptors (Lipinski definition) is 3. The fourth-order valence-corrected chi connectivity index (χ4v) is 2.35. The van der Waals surface area contributed by atoms with Gasteiger partial charge in [0.25, 0.3) is 0 Å². The predicted molar refractivity (Wildman–Crippen MR) is 71.6 cm³/mol. The van der Waals surface area contributed by atoms with Gasteiger partial charge in [0.15, 0.2) is 0 Å². The van der Waals surface area contributed by atoms with Crippen LogP contribution in [0.15, 0.2) is 24.3 Å². The minimum absolute atomic E-state index is 0.0861. The van der Waals surface area contributed by atoms with Crippen LogP contribution in [0.3, 0.4) is 0 Å². The van der Waals surface area contributed by atoms with Gasteiger partial charge in [0.1, 0.15) is 0 Å². The Balaban J connectivity index is 2.05. The van der Waals surface area contributed by atoms with Crippen LogP contribution in [0.5, 0.6) is 0 Å². The summed E-state index contributed by atoms with van der Waals surface area (Å²) in [6.07, 6.45) is 1.93. The van der Waals surface area contributed by atoms with Crippen molar-refractivity contribution < 1.29 is 9.53 Å². The SMILES string of the molecule is CC1(C)CC(Nc2cccc(C(N)=O)c2)CCO1. The first kappa shape index (κ1) is 12.9. The summed E-state index contributed by atoms with van der Waals surface area (Å²) in [6, 6.07) is 7.69. The molecule has 0 aromatic heterocycles. The number of ether oxygens (including phenoxy) is 1. The molecular formula is C14H20N2O2. The smallest absolute Gasteiger partial charge is 0.248 e. The van der Waals surface area contributed by atoms with Gasteiger partial charge in [-0.3, -0.25) is 4.79 Å². The van der Waals surface area contributed by atoms with Gasteiger partial charge < -0.3 is 15.8 Å². The van der Waals surface area contributed by atoms with Crippen molar-refractivity contribution in [3.05, 3.63) is 29.8 Å². The summed E-state index contributed by atoms with van der Waals surface area (Å²) in [4.78, 5) is 11.1. The molecule has 1 amide bonds. The van der Waals surface area contributed by atoms with Crippen LogP contribution in [0.25, 0.3) is 0 Å². The number of nitrogens with one attached hydrogen (secondary N) is 1. The lowest BCUT2D eigenvalue weighted by atomic mass is 9.94. The van der Waals surface area contributed by atoms with Crippen molar-refractivity contribution >= 4 is 11.6 Å². The van der Waals surface area contributed by atoms with Gasteiger partial charge in [0.05, 0.1) is 5.60 Å². The molecule has 1 saturated heterocycles. The fraction of sp³-hybridized carbons (Fsp3) is 0.500. The van der Waals surface area contributed by atoms with E-state index in [1.54, 1.807) is 12.1 Å². The highest BCUT2D eigenvalue weighted by Crippen LogP contribution is 2.26. The largest absolute Gasteiger partial charge is 0.382 e. The quantitative estimate of drug-likeness (QED) is 0.861. The molecule has 98 valence electrons. The third kappa shape index (κ3) is 3.23. The molecule has 4 heteroatoms. The maximum atomic E-state index is 11.1. The van der Waals surface area contributed by atoms with Gasteiger partial charge in [0, 0.05) is 23.9 Å². The van der Waals surface area contributed by atoms with Crippen molar-refractivity contribution in [3.8, 4) is 0 Å². The lowest BCUT2D eigenvalue weighted by Crippen LogP contribution is -2.40. The van der Waals surface area contributed by atoms with Crippen LogP contribution in [0.1, 0.15) is 37.0 Å². The minimum Gasteiger partial charge on any atom is -0.382 e. The summed E-state index contributed by atoms with van der Waals surface area (Å²) >= 11 is 0. The highest BCUT2D eigenvalue weighted by molar-refractivity contribution is 5.93. The molecule has 0 saturated carbocycles. The zero-order chi connectivity index (χ0) is 13.2. The van der Waals surface area contributed by atoms with E-state index in [1.807, 2.05) is 12.1 Å². The minimum atomic E-state index is -0.397. The zero-order valence-corrected chi connectivity index (χ0v) is 10.9. The van der Waals surface area contributed by atoms with Crippen LogP contribution in [-0.2, 0) is 4.74 Å². The Morgan fingerprint density at radius 3 is 2.94 bits per heavy atom. The molecule has 1 unspecified atom stereocenters. The number of rotatable bonds is 3. The first-order chi connectivity index (χ1) is 8.46. The van der Waals surface area contributed by atoms with E-state index in [4.69, 9.17) is 10.5 Å². The van der Waals surface area contributed by atoms with Crippen LogP contribution >= 0.6 is 0 Å². The molecule has 1 aromatic rings. The highest BCUT2D eigenvalue weighted by Gasteiger charge is 2.28. The molecule has 1 fully saturated rings. The van der Waals surface area contributed by atoms with Crippen LogP contribution in [0.4, 0.5) is 5.69 Å². The molecule has 4 nitrogen and oxygen atoms in total. The van der Waals surface area contributed by atoms with Gasteiger partial charge in [-0.25, -0.2) is 0 Å². The summed E-state index contributed by atoms with van der Waals surface area (Å²) in [6.45, 7) is 4.96. The maximum Gasteiger partial charge on any atom is 0.248 e. The topological polar surface area (TPSA) is 64.3 Å². The molecule has 0 radical (unpaired) electrons. The molecule has 18 heavy (non-hydrogen) atoms. The Bertz CT molecular complexity index is 443. The lowest BCUT2D eigenvalue weighted by molar-refractivity contribution is -0.0553. The lowest BCUT2D eigenvalue weighted by Gasteiger charge is -2.36. The molecule has 1 aromatic carbocycles. The number of carbonyl (C=O) groups excluding carboxylic acids is 1. The first-order valence-electron chi connectivity index (χ1n) is 6.27. The van der Waals surface area contributed by atoms with Crippen LogP contribution in [0, 0.1) is 0 Å². The molecule has 0 bridgehead atoms. The Morgan fingerprint density at radius 2 is 2.28 bits per heavy atom. The summed E-state index contributed by atoms with van der Waals surface area (Å²) in [5.41, 5.74) is 6.66. The fourth-order valence-electron chi connectivity index (χ4n) is 2.35. The normalized spacial score (nSPS) is 22.4. The van der Waals surface area contributed by atoms with Gasteiger partial charge in [0.2, 0.25) is 5.91 Å². The van der Waals surface area contributed by atoms with E-state index in [2.05, 4.69) is 19.2 Å². The van der Waals surface area contributed by atoms with Gasteiger partial charge in [-0.15, -0.1) is 0 Å². The van der Waals surface area contributed by atoms with E-state index in [9.17, 15) is 4.79 Å². The number of nitrogens with two attached hydrogens (primary N) is 1. The Labute approximate surface area is 108 Å². The number of anilines is 1.